The quantitative estimate of drug-likeness (QED) is 0.871. The third kappa shape index (κ3) is 4.52. The molecule has 0 aliphatic carbocycles. The molecule has 0 unspecified atom stereocenters. The van der Waals surface area contributed by atoms with Crippen LogP contribution < -0.4 is 10.0 Å². The number of hydrogen-bond acceptors (Lipinski definition) is 4. The number of amides is 1. The Labute approximate surface area is 133 Å². The van der Waals surface area contributed by atoms with Gasteiger partial charge in [-0.25, -0.2) is 18.1 Å². The van der Waals surface area contributed by atoms with Crippen LogP contribution in [0.4, 0.5) is 5.82 Å². The Bertz CT molecular complexity index is 759. The molecule has 8 heteroatoms. The number of nitrogens with one attached hydrogen (secondary N) is 2. The van der Waals surface area contributed by atoms with Crippen LogP contribution in [0.3, 0.4) is 0 Å². The largest absolute Gasteiger partial charge is 0.310 e. The fourth-order valence-electron chi connectivity index (χ4n) is 1.60. The molecule has 0 saturated carbocycles. The summed E-state index contributed by atoms with van der Waals surface area (Å²) in [4.78, 5) is 15.7. The predicted molar refractivity (Wildman–Crippen MR) is 84.2 cm³/mol. The number of carbonyl (C=O) groups excluding carboxylic acids is 1. The molecule has 0 bridgehead atoms. The van der Waals surface area contributed by atoms with E-state index in [-0.39, 0.29) is 11.4 Å². The van der Waals surface area contributed by atoms with Crippen molar-refractivity contribution in [3.05, 3.63) is 53.2 Å². The number of aryl methyl sites for hydroxylation is 1. The number of halogens is 1. The van der Waals surface area contributed by atoms with Crippen molar-refractivity contribution >= 4 is 33.3 Å². The van der Waals surface area contributed by atoms with Crippen LogP contribution in [0, 0.1) is 6.92 Å². The molecule has 0 saturated heterocycles. The Balaban J connectivity index is 1.95. The van der Waals surface area contributed by atoms with Gasteiger partial charge in [0.05, 0.1) is 16.5 Å². The molecular formula is C14H14ClN3O3S. The van der Waals surface area contributed by atoms with Crippen LogP contribution in [0.15, 0.2) is 47.5 Å². The first-order valence-electron chi connectivity index (χ1n) is 6.34. The monoisotopic (exact) mass is 339 g/mol. The molecule has 2 aromatic rings. The summed E-state index contributed by atoms with van der Waals surface area (Å²) >= 11 is 5.68. The number of hydrogen-bond donors (Lipinski definition) is 2. The van der Waals surface area contributed by atoms with E-state index >= 15 is 0 Å². The number of rotatable bonds is 5. The smallest absolute Gasteiger partial charge is 0.241 e. The molecule has 6 nitrogen and oxygen atoms in total. The fraction of sp³-hybridized carbons (Fsp3) is 0.143. The molecule has 0 fully saturated rings. The lowest BCUT2D eigenvalue weighted by Crippen LogP contribution is -2.33. The second-order valence-electron chi connectivity index (χ2n) is 4.55. The summed E-state index contributed by atoms with van der Waals surface area (Å²) in [6.07, 6.45) is 1.38. The highest BCUT2D eigenvalue weighted by Crippen LogP contribution is 2.10. The van der Waals surface area contributed by atoms with Gasteiger partial charge >= 0.3 is 0 Å². The third-order valence-corrected chi connectivity index (χ3v) is 4.39. The van der Waals surface area contributed by atoms with Crippen molar-refractivity contribution in [2.24, 2.45) is 0 Å². The maximum atomic E-state index is 12.0. The number of pyridine rings is 1. The van der Waals surface area contributed by atoms with Gasteiger partial charge in [0.2, 0.25) is 15.9 Å². The predicted octanol–water partition coefficient (Wildman–Crippen LogP) is 1.96. The van der Waals surface area contributed by atoms with Crippen LogP contribution >= 0.6 is 11.6 Å². The van der Waals surface area contributed by atoms with Gasteiger partial charge in [-0.05, 0) is 31.2 Å². The highest BCUT2D eigenvalue weighted by Gasteiger charge is 2.15. The molecule has 1 aromatic heterocycles. The maximum Gasteiger partial charge on any atom is 0.241 e. The summed E-state index contributed by atoms with van der Waals surface area (Å²) in [6.45, 7) is 1.47. The fourth-order valence-corrected chi connectivity index (χ4v) is 2.69. The van der Waals surface area contributed by atoms with E-state index in [1.54, 1.807) is 18.2 Å². The number of sulfonamides is 1. The first kappa shape index (κ1) is 16.4. The Morgan fingerprint density at radius 1 is 1.18 bits per heavy atom. The van der Waals surface area contributed by atoms with E-state index in [4.69, 9.17) is 11.6 Å². The first-order valence-corrected chi connectivity index (χ1v) is 8.21. The van der Waals surface area contributed by atoms with Gasteiger partial charge in [0.15, 0.2) is 0 Å². The summed E-state index contributed by atoms with van der Waals surface area (Å²) in [5.74, 6) is -0.227. The van der Waals surface area contributed by atoms with Crippen molar-refractivity contribution in [2.45, 2.75) is 11.8 Å². The van der Waals surface area contributed by atoms with Gasteiger partial charge < -0.3 is 5.32 Å². The van der Waals surface area contributed by atoms with Crippen LogP contribution in [0.25, 0.3) is 0 Å². The van der Waals surface area contributed by atoms with Gasteiger partial charge in [0.25, 0.3) is 0 Å². The van der Waals surface area contributed by atoms with Crippen molar-refractivity contribution < 1.29 is 13.2 Å². The Hall–Kier alpha value is -1.96. The minimum Gasteiger partial charge on any atom is -0.310 e. The zero-order chi connectivity index (χ0) is 16.2. The maximum absolute atomic E-state index is 12.0. The molecule has 1 heterocycles. The number of carbonyl (C=O) groups is 1. The van der Waals surface area contributed by atoms with Crippen LogP contribution in [-0.4, -0.2) is 25.9 Å². The van der Waals surface area contributed by atoms with Gasteiger partial charge in [-0.3, -0.25) is 4.79 Å². The molecule has 0 atom stereocenters. The molecule has 22 heavy (non-hydrogen) atoms. The number of nitrogens with zero attached hydrogens (tertiary/aromatic N) is 1. The normalized spacial score (nSPS) is 11.2. The number of benzene rings is 1. The number of anilines is 1. The Kier molecular flexibility index (Phi) is 5.12. The first-order chi connectivity index (χ1) is 10.4. The minimum atomic E-state index is -3.72. The van der Waals surface area contributed by atoms with Gasteiger partial charge in [0, 0.05) is 6.20 Å². The number of aromatic nitrogens is 1. The van der Waals surface area contributed by atoms with E-state index in [2.05, 4.69) is 15.0 Å². The van der Waals surface area contributed by atoms with Crippen LogP contribution in [0.2, 0.25) is 5.02 Å². The van der Waals surface area contributed by atoms with E-state index in [9.17, 15) is 13.2 Å². The van der Waals surface area contributed by atoms with Crippen LogP contribution in [-0.2, 0) is 14.8 Å². The molecule has 1 amide bonds. The van der Waals surface area contributed by atoms with Crippen molar-refractivity contribution in [1.29, 1.82) is 0 Å². The summed E-state index contributed by atoms with van der Waals surface area (Å²) in [5.41, 5.74) is 0.950. The van der Waals surface area contributed by atoms with Crippen molar-refractivity contribution in [1.82, 2.24) is 9.71 Å². The lowest BCUT2D eigenvalue weighted by Gasteiger charge is -2.07. The van der Waals surface area contributed by atoms with Crippen LogP contribution in [0.1, 0.15) is 5.56 Å². The van der Waals surface area contributed by atoms with Crippen molar-refractivity contribution in [3.63, 3.8) is 0 Å². The van der Waals surface area contributed by atoms with E-state index in [0.29, 0.717) is 10.8 Å². The minimum absolute atomic E-state index is 0.107. The molecule has 1 aromatic carbocycles. The highest BCUT2D eigenvalue weighted by molar-refractivity contribution is 7.89. The summed E-state index contributed by atoms with van der Waals surface area (Å²) in [5, 5.41) is 2.91. The lowest BCUT2D eigenvalue weighted by atomic mass is 10.2. The summed E-state index contributed by atoms with van der Waals surface area (Å²) in [7, 11) is -3.72. The lowest BCUT2D eigenvalue weighted by molar-refractivity contribution is -0.115. The van der Waals surface area contributed by atoms with Gasteiger partial charge in [-0.2, -0.15) is 0 Å². The summed E-state index contributed by atoms with van der Waals surface area (Å²) < 4.78 is 26.3. The van der Waals surface area contributed by atoms with E-state index in [1.807, 2.05) is 6.92 Å². The Morgan fingerprint density at radius 2 is 1.86 bits per heavy atom. The second kappa shape index (κ2) is 6.87. The molecule has 116 valence electrons. The molecule has 0 spiro atoms. The standard InChI is InChI=1S/C14H14ClN3O3S/c1-10-2-5-12(6-3-10)22(20,21)17-9-14(19)18-13-7-4-11(15)8-16-13/h2-8,17H,9H2,1H3,(H,16,18,19). The van der Waals surface area contributed by atoms with Gasteiger partial charge in [-0.1, -0.05) is 29.3 Å². The highest BCUT2D eigenvalue weighted by atomic mass is 35.5. The summed E-state index contributed by atoms with van der Waals surface area (Å²) in [6, 6.07) is 9.43. The van der Waals surface area contributed by atoms with E-state index in [1.165, 1.54) is 24.4 Å². The van der Waals surface area contributed by atoms with Crippen molar-refractivity contribution in [3.8, 4) is 0 Å². The zero-order valence-electron chi connectivity index (χ0n) is 11.7. The molecule has 0 aliphatic rings. The average Bonchev–Trinajstić information content (AvgIpc) is 2.48. The molecule has 2 N–H and O–H groups in total. The second-order valence-corrected chi connectivity index (χ2v) is 6.75. The molecular weight excluding hydrogens is 326 g/mol. The van der Waals surface area contributed by atoms with E-state index in [0.717, 1.165) is 5.56 Å². The van der Waals surface area contributed by atoms with Crippen molar-refractivity contribution in [2.75, 3.05) is 11.9 Å². The Morgan fingerprint density at radius 3 is 2.45 bits per heavy atom. The van der Waals surface area contributed by atoms with Gasteiger partial charge in [-0.15, -0.1) is 0 Å². The SMILES string of the molecule is Cc1ccc(S(=O)(=O)NCC(=O)Nc2ccc(Cl)cn2)cc1. The molecule has 0 radical (unpaired) electrons. The zero-order valence-corrected chi connectivity index (χ0v) is 13.3. The van der Waals surface area contributed by atoms with E-state index < -0.39 is 15.9 Å². The third-order valence-electron chi connectivity index (χ3n) is 2.75. The molecule has 0 aliphatic heterocycles. The topological polar surface area (TPSA) is 88.2 Å². The average molecular weight is 340 g/mol. The van der Waals surface area contributed by atoms with Crippen LogP contribution in [0.5, 0.6) is 0 Å². The van der Waals surface area contributed by atoms with Gasteiger partial charge in [0.1, 0.15) is 5.82 Å². The molecule has 2 rings (SSSR count).